The molecule has 0 saturated heterocycles. The number of anilines is 1. The third kappa shape index (κ3) is 2.74. The summed E-state index contributed by atoms with van der Waals surface area (Å²) in [5, 5.41) is 3.58. The van der Waals surface area contributed by atoms with Crippen molar-refractivity contribution < 1.29 is 13.2 Å². The Balaban J connectivity index is 2.31. The van der Waals surface area contributed by atoms with Gasteiger partial charge in [-0.1, -0.05) is 18.2 Å². The van der Waals surface area contributed by atoms with Gasteiger partial charge in [-0.05, 0) is 12.1 Å². The second-order valence-electron chi connectivity index (χ2n) is 4.58. The summed E-state index contributed by atoms with van der Waals surface area (Å²) in [6.45, 7) is 0. The fraction of sp³-hybridized carbons (Fsp3) is 0.0714. The third-order valence-electron chi connectivity index (χ3n) is 3.10. The Hall–Kier alpha value is -2.55. The van der Waals surface area contributed by atoms with E-state index in [1.165, 1.54) is 24.5 Å². The number of aromatic nitrogens is 4. The third-order valence-corrected chi connectivity index (χ3v) is 3.49. The molecule has 0 radical (unpaired) electrons. The van der Waals surface area contributed by atoms with Crippen LogP contribution in [-0.4, -0.2) is 19.7 Å². The monoisotopic (exact) mass is 337 g/mol. The molecule has 0 atom stereocenters. The van der Waals surface area contributed by atoms with Crippen molar-refractivity contribution in [3.05, 3.63) is 48.4 Å². The molecule has 1 aromatic carbocycles. The van der Waals surface area contributed by atoms with Crippen LogP contribution < -0.4 is 5.73 Å². The van der Waals surface area contributed by atoms with Gasteiger partial charge in [0.1, 0.15) is 5.82 Å². The first-order valence-corrected chi connectivity index (χ1v) is 6.85. The average Bonchev–Trinajstić information content (AvgIpc) is 2.86. The fourth-order valence-electron chi connectivity index (χ4n) is 2.13. The summed E-state index contributed by atoms with van der Waals surface area (Å²) in [6, 6.07) is 7.89. The van der Waals surface area contributed by atoms with Crippen LogP contribution in [0.4, 0.5) is 19.0 Å². The number of nitrogens with zero attached hydrogens (tertiary/aromatic N) is 4. The molecule has 3 aromatic rings. The summed E-state index contributed by atoms with van der Waals surface area (Å²) in [7, 11) is 0. The van der Waals surface area contributed by atoms with Gasteiger partial charge in [-0.3, -0.25) is 0 Å². The summed E-state index contributed by atoms with van der Waals surface area (Å²) >= 11 is 4.20. The van der Waals surface area contributed by atoms with Crippen LogP contribution in [0.5, 0.6) is 0 Å². The number of nitrogen functional groups attached to an aromatic ring is 1. The lowest BCUT2D eigenvalue weighted by Crippen LogP contribution is -2.09. The van der Waals surface area contributed by atoms with Crippen LogP contribution in [0.25, 0.3) is 17.1 Å². The number of alkyl halides is 3. The van der Waals surface area contributed by atoms with Crippen LogP contribution in [0.2, 0.25) is 0 Å². The van der Waals surface area contributed by atoms with Crippen LogP contribution in [0.15, 0.2) is 47.6 Å². The number of hydrogen-bond donors (Lipinski definition) is 2. The van der Waals surface area contributed by atoms with Crippen molar-refractivity contribution in [2.45, 2.75) is 11.1 Å². The molecule has 9 heteroatoms. The smallest absolute Gasteiger partial charge is 0.383 e. The molecule has 2 N–H and O–H groups in total. The summed E-state index contributed by atoms with van der Waals surface area (Å²) in [6.07, 6.45) is -1.90. The van der Waals surface area contributed by atoms with Gasteiger partial charge in [0.05, 0.1) is 5.56 Å². The molecule has 118 valence electrons. The first-order chi connectivity index (χ1) is 10.9. The number of nitrogens with two attached hydrogens (primary N) is 1. The summed E-state index contributed by atoms with van der Waals surface area (Å²) < 4.78 is 41.0. The van der Waals surface area contributed by atoms with Crippen LogP contribution in [0.3, 0.4) is 0 Å². The fourth-order valence-corrected chi connectivity index (χ4v) is 2.41. The Morgan fingerprint density at radius 2 is 1.70 bits per heavy atom. The maximum Gasteiger partial charge on any atom is 0.435 e. The zero-order chi connectivity index (χ0) is 16.6. The molecule has 0 unspecified atom stereocenters. The van der Waals surface area contributed by atoms with E-state index in [-0.39, 0.29) is 22.9 Å². The van der Waals surface area contributed by atoms with Gasteiger partial charge >= 0.3 is 6.18 Å². The standard InChI is InChI=1S/C14H10F3N5S/c15-14(16,17)11-10(8-4-1-2-5-9(8)23)12(18)22(21-11)13-19-6-3-7-20-13/h1-7,23H,18H2. The van der Waals surface area contributed by atoms with Gasteiger partial charge in [-0.25, -0.2) is 9.97 Å². The van der Waals surface area contributed by atoms with E-state index >= 15 is 0 Å². The Bertz CT molecular complexity index is 845. The predicted octanol–water partition coefficient (Wildman–Crippen LogP) is 3.22. The minimum atomic E-state index is -4.68. The summed E-state index contributed by atoms with van der Waals surface area (Å²) in [4.78, 5) is 8.13. The molecule has 0 saturated carbocycles. The van der Waals surface area contributed by atoms with Crippen molar-refractivity contribution in [3.8, 4) is 17.1 Å². The summed E-state index contributed by atoms with van der Waals surface area (Å²) in [5.41, 5.74) is 4.81. The minimum absolute atomic E-state index is 0.0432. The van der Waals surface area contributed by atoms with E-state index < -0.39 is 11.9 Å². The van der Waals surface area contributed by atoms with Crippen molar-refractivity contribution in [2.24, 2.45) is 0 Å². The first-order valence-electron chi connectivity index (χ1n) is 6.41. The molecule has 0 aliphatic heterocycles. The van der Waals surface area contributed by atoms with Crippen LogP contribution >= 0.6 is 12.6 Å². The molecule has 2 aromatic heterocycles. The molecule has 0 bridgehead atoms. The van der Waals surface area contributed by atoms with E-state index in [0.717, 1.165) is 4.68 Å². The topological polar surface area (TPSA) is 69.6 Å². The van der Waals surface area contributed by atoms with Crippen molar-refractivity contribution in [1.29, 1.82) is 0 Å². The van der Waals surface area contributed by atoms with Crippen LogP contribution in [0, 0.1) is 0 Å². The highest BCUT2D eigenvalue weighted by Gasteiger charge is 2.40. The van der Waals surface area contributed by atoms with Gasteiger partial charge in [0.15, 0.2) is 5.69 Å². The number of hydrogen-bond acceptors (Lipinski definition) is 5. The SMILES string of the molecule is Nc1c(-c2ccccc2S)c(C(F)(F)F)nn1-c1ncccn1. The largest absolute Gasteiger partial charge is 0.435 e. The van der Waals surface area contributed by atoms with E-state index in [0.29, 0.717) is 4.90 Å². The Labute approximate surface area is 134 Å². The molecule has 0 aliphatic rings. The normalized spacial score (nSPS) is 11.7. The van der Waals surface area contributed by atoms with Gasteiger partial charge < -0.3 is 5.73 Å². The summed E-state index contributed by atoms with van der Waals surface area (Å²) in [5.74, 6) is -0.247. The quantitative estimate of drug-likeness (QED) is 0.705. The minimum Gasteiger partial charge on any atom is -0.383 e. The molecular weight excluding hydrogens is 327 g/mol. The lowest BCUT2D eigenvalue weighted by atomic mass is 10.1. The molecule has 2 heterocycles. The van der Waals surface area contributed by atoms with E-state index in [2.05, 4.69) is 27.7 Å². The van der Waals surface area contributed by atoms with E-state index in [4.69, 9.17) is 5.73 Å². The van der Waals surface area contributed by atoms with Gasteiger partial charge in [-0.2, -0.15) is 23.0 Å². The lowest BCUT2D eigenvalue weighted by Gasteiger charge is -2.08. The van der Waals surface area contributed by atoms with Gasteiger partial charge in [0.25, 0.3) is 5.95 Å². The van der Waals surface area contributed by atoms with E-state index in [1.54, 1.807) is 18.2 Å². The molecule has 5 nitrogen and oxygen atoms in total. The molecule has 0 amide bonds. The first kappa shape index (κ1) is 15.3. The number of rotatable bonds is 2. The molecule has 3 rings (SSSR count). The molecule has 0 aliphatic carbocycles. The molecule has 0 fully saturated rings. The number of halogens is 3. The highest BCUT2D eigenvalue weighted by Crippen LogP contribution is 2.42. The second kappa shape index (κ2) is 5.58. The van der Waals surface area contributed by atoms with Gasteiger partial charge in [0, 0.05) is 22.9 Å². The van der Waals surface area contributed by atoms with E-state index in [9.17, 15) is 13.2 Å². The maximum absolute atomic E-state index is 13.4. The van der Waals surface area contributed by atoms with Crippen molar-refractivity contribution >= 4 is 18.4 Å². The molecule has 23 heavy (non-hydrogen) atoms. The Morgan fingerprint density at radius 1 is 1.04 bits per heavy atom. The molecular formula is C14H10F3N5S. The molecule has 0 spiro atoms. The van der Waals surface area contributed by atoms with E-state index in [1.807, 2.05) is 0 Å². The van der Waals surface area contributed by atoms with Crippen molar-refractivity contribution in [2.75, 3.05) is 5.73 Å². The van der Waals surface area contributed by atoms with Crippen molar-refractivity contribution in [3.63, 3.8) is 0 Å². The highest BCUT2D eigenvalue weighted by molar-refractivity contribution is 7.80. The lowest BCUT2D eigenvalue weighted by molar-refractivity contribution is -0.140. The van der Waals surface area contributed by atoms with Crippen LogP contribution in [-0.2, 0) is 6.18 Å². The van der Waals surface area contributed by atoms with Gasteiger partial charge in [0.2, 0.25) is 0 Å². The number of thiol groups is 1. The Kier molecular flexibility index (Phi) is 3.72. The maximum atomic E-state index is 13.4. The number of benzene rings is 1. The second-order valence-corrected chi connectivity index (χ2v) is 5.07. The predicted molar refractivity (Wildman–Crippen MR) is 81.3 cm³/mol. The zero-order valence-corrected chi connectivity index (χ0v) is 12.4. The van der Waals surface area contributed by atoms with Crippen LogP contribution in [0.1, 0.15) is 5.69 Å². The Morgan fingerprint density at radius 3 is 2.30 bits per heavy atom. The van der Waals surface area contributed by atoms with Gasteiger partial charge in [-0.15, -0.1) is 12.6 Å². The zero-order valence-electron chi connectivity index (χ0n) is 11.5. The highest BCUT2D eigenvalue weighted by atomic mass is 32.1. The van der Waals surface area contributed by atoms with Crippen molar-refractivity contribution in [1.82, 2.24) is 19.7 Å². The average molecular weight is 337 g/mol.